The van der Waals surface area contributed by atoms with Gasteiger partial charge in [-0.3, -0.25) is 0 Å². The van der Waals surface area contributed by atoms with Gasteiger partial charge in [-0.1, -0.05) is 231 Å². The molecule has 0 amide bonds. The van der Waals surface area contributed by atoms with Crippen molar-refractivity contribution < 1.29 is 0 Å². The summed E-state index contributed by atoms with van der Waals surface area (Å²) in [5, 5.41) is 7.48. The Bertz CT molecular complexity index is 3270. The second kappa shape index (κ2) is 15.2. The van der Waals surface area contributed by atoms with E-state index in [1.165, 1.54) is 110 Å². The van der Waals surface area contributed by atoms with Gasteiger partial charge < -0.3 is 0 Å². The number of hydrogen-bond donors (Lipinski definition) is 0. The summed E-state index contributed by atoms with van der Waals surface area (Å²) in [5.74, 6) is 0. The predicted molar refractivity (Wildman–Crippen MR) is 257 cm³/mol. The molecule has 0 saturated carbocycles. The lowest BCUT2D eigenvalue weighted by molar-refractivity contribution is 1.57. The molecule has 0 aliphatic rings. The number of fused-ring (bicyclic) bond motifs is 3. The average Bonchev–Trinajstić information content (AvgIpc) is 3.33. The Hall–Kier alpha value is -7.80. The van der Waals surface area contributed by atoms with Crippen LogP contribution in [0.15, 0.2) is 243 Å². The minimum atomic E-state index is 1.19. The quantitative estimate of drug-likeness (QED) is 0.142. The van der Waals surface area contributed by atoms with Gasteiger partial charge in [-0.2, -0.15) is 0 Å². The van der Waals surface area contributed by atoms with Gasteiger partial charge in [0, 0.05) is 0 Å². The van der Waals surface area contributed by atoms with Gasteiger partial charge in [-0.05, 0) is 122 Å². The average molecular weight is 761 g/mol. The summed E-state index contributed by atoms with van der Waals surface area (Å²) in [4.78, 5) is 0. The van der Waals surface area contributed by atoms with Gasteiger partial charge in [0.2, 0.25) is 0 Å². The summed E-state index contributed by atoms with van der Waals surface area (Å²) in [6.07, 6.45) is 0. The smallest absolute Gasteiger partial charge is 0.00261 e. The van der Waals surface area contributed by atoms with Crippen LogP contribution in [0.3, 0.4) is 0 Å². The normalized spacial score (nSPS) is 11.3. The van der Waals surface area contributed by atoms with E-state index in [1.54, 1.807) is 0 Å². The summed E-state index contributed by atoms with van der Waals surface area (Å²) in [6.45, 7) is 0. The van der Waals surface area contributed by atoms with Crippen molar-refractivity contribution in [1.82, 2.24) is 0 Å². The monoisotopic (exact) mass is 760 g/mol. The summed E-state index contributed by atoms with van der Waals surface area (Å²) in [7, 11) is 0. The molecule has 11 aromatic rings. The third-order valence-corrected chi connectivity index (χ3v) is 12.1. The van der Waals surface area contributed by atoms with Crippen molar-refractivity contribution in [2.24, 2.45) is 0 Å². The fraction of sp³-hybridized carbons (Fsp3) is 0. The van der Waals surface area contributed by atoms with Gasteiger partial charge >= 0.3 is 0 Å². The molecule has 0 radical (unpaired) electrons. The molecular weight excluding hydrogens is 721 g/mol. The Labute approximate surface area is 351 Å². The molecule has 280 valence electrons. The molecule has 0 heterocycles. The van der Waals surface area contributed by atoms with Crippen LogP contribution in [0.25, 0.3) is 110 Å². The van der Waals surface area contributed by atoms with Gasteiger partial charge in [-0.15, -0.1) is 0 Å². The van der Waals surface area contributed by atoms with Crippen LogP contribution >= 0.6 is 0 Å². The van der Waals surface area contributed by atoms with E-state index >= 15 is 0 Å². The van der Waals surface area contributed by atoms with Crippen molar-refractivity contribution >= 4 is 32.3 Å². The van der Waals surface area contributed by atoms with Gasteiger partial charge in [0.05, 0.1) is 0 Å². The van der Waals surface area contributed by atoms with Gasteiger partial charge in [0.1, 0.15) is 0 Å². The Morgan fingerprint density at radius 1 is 0.150 bits per heavy atom. The van der Waals surface area contributed by atoms with E-state index in [-0.39, 0.29) is 0 Å². The lowest BCUT2D eigenvalue weighted by Crippen LogP contribution is -1.93. The molecule has 0 heteroatoms. The molecule has 0 aromatic heterocycles. The van der Waals surface area contributed by atoms with E-state index in [1.807, 2.05) is 0 Å². The predicted octanol–water partition coefficient (Wildman–Crippen LogP) is 16.8. The molecule has 0 fully saturated rings. The number of hydrogen-bond acceptors (Lipinski definition) is 0. The van der Waals surface area contributed by atoms with Crippen molar-refractivity contribution in [2.75, 3.05) is 0 Å². The Morgan fingerprint density at radius 2 is 0.567 bits per heavy atom. The first-order valence-electron chi connectivity index (χ1n) is 20.8. The maximum absolute atomic E-state index is 2.46. The van der Waals surface area contributed by atoms with Crippen molar-refractivity contribution in [1.29, 1.82) is 0 Å². The highest BCUT2D eigenvalue weighted by molar-refractivity contribution is 6.22. The topological polar surface area (TPSA) is 0 Å². The lowest BCUT2D eigenvalue weighted by Gasteiger charge is -2.20. The van der Waals surface area contributed by atoms with Crippen molar-refractivity contribution in [3.63, 3.8) is 0 Å². The molecule has 0 atom stereocenters. The van der Waals surface area contributed by atoms with E-state index in [9.17, 15) is 0 Å². The Kier molecular flexibility index (Phi) is 8.95. The first-order valence-corrected chi connectivity index (χ1v) is 20.8. The minimum absolute atomic E-state index is 1.19. The summed E-state index contributed by atoms with van der Waals surface area (Å²) < 4.78 is 0. The van der Waals surface area contributed by atoms with Crippen molar-refractivity contribution in [3.8, 4) is 77.9 Å². The lowest BCUT2D eigenvalue weighted by atomic mass is 9.84. The zero-order chi connectivity index (χ0) is 39.8. The minimum Gasteiger partial charge on any atom is -0.0622 e. The maximum atomic E-state index is 2.46. The Morgan fingerprint density at radius 3 is 1.18 bits per heavy atom. The van der Waals surface area contributed by atoms with Crippen LogP contribution in [-0.2, 0) is 0 Å². The Balaban J connectivity index is 1.14. The second-order valence-electron chi connectivity index (χ2n) is 15.6. The van der Waals surface area contributed by atoms with Crippen LogP contribution in [0.5, 0.6) is 0 Å². The molecular formula is C60H40. The van der Waals surface area contributed by atoms with E-state index in [4.69, 9.17) is 0 Å². The summed E-state index contributed by atoms with van der Waals surface area (Å²) >= 11 is 0. The van der Waals surface area contributed by atoms with E-state index in [2.05, 4.69) is 243 Å². The van der Waals surface area contributed by atoms with Crippen LogP contribution in [0.1, 0.15) is 0 Å². The molecule has 60 heavy (non-hydrogen) atoms. The highest BCUT2D eigenvalue weighted by Crippen LogP contribution is 2.46. The molecule has 0 spiro atoms. The molecule has 0 aliphatic heterocycles. The number of rotatable bonds is 7. The molecule has 11 rings (SSSR count). The third-order valence-electron chi connectivity index (χ3n) is 12.1. The van der Waals surface area contributed by atoms with Crippen LogP contribution < -0.4 is 0 Å². The number of benzene rings is 11. The fourth-order valence-corrected chi connectivity index (χ4v) is 9.28. The maximum Gasteiger partial charge on any atom is -0.00261 e. The zero-order valence-electron chi connectivity index (χ0n) is 33.1. The second-order valence-corrected chi connectivity index (χ2v) is 15.6. The molecule has 0 aliphatic carbocycles. The van der Waals surface area contributed by atoms with Crippen molar-refractivity contribution in [2.45, 2.75) is 0 Å². The van der Waals surface area contributed by atoms with Gasteiger partial charge in [0.15, 0.2) is 0 Å². The summed E-state index contributed by atoms with van der Waals surface area (Å²) in [6, 6.07) is 88.7. The van der Waals surface area contributed by atoms with Crippen molar-refractivity contribution in [3.05, 3.63) is 243 Å². The summed E-state index contributed by atoms with van der Waals surface area (Å²) in [5.41, 5.74) is 17.1. The third kappa shape index (κ3) is 6.27. The first-order chi connectivity index (χ1) is 29.8. The molecule has 0 N–H and O–H groups in total. The van der Waals surface area contributed by atoms with E-state index < -0.39 is 0 Å². The zero-order valence-corrected chi connectivity index (χ0v) is 33.1. The van der Waals surface area contributed by atoms with Crippen LogP contribution in [0.4, 0.5) is 0 Å². The van der Waals surface area contributed by atoms with E-state index in [0.29, 0.717) is 0 Å². The van der Waals surface area contributed by atoms with Gasteiger partial charge in [-0.25, -0.2) is 0 Å². The van der Waals surface area contributed by atoms with Crippen LogP contribution in [0, 0.1) is 0 Å². The highest BCUT2D eigenvalue weighted by atomic mass is 14.2. The van der Waals surface area contributed by atoms with Gasteiger partial charge in [0.25, 0.3) is 0 Å². The molecule has 0 unspecified atom stereocenters. The highest BCUT2D eigenvalue weighted by Gasteiger charge is 2.19. The standard InChI is InChI=1S/C60H40/c1-4-17-41(18-5-1)42-31-33-43(34-32-42)46-23-16-24-47(39-46)50-37-38-52(51-26-11-10-25-49(51)44-19-6-2-7-20-44)53-36-35-48(40-58(50)53)60-56-29-14-12-27-54(56)59(45-21-8-3-9-22-45)55-28-13-15-30-57(55)60/h1-40H. The molecule has 0 bridgehead atoms. The molecule has 11 aromatic carbocycles. The fourth-order valence-electron chi connectivity index (χ4n) is 9.28. The molecule has 0 saturated heterocycles. The largest absolute Gasteiger partial charge is 0.0622 e. The van der Waals surface area contributed by atoms with Crippen LogP contribution in [-0.4, -0.2) is 0 Å². The first kappa shape index (κ1) is 35.4. The molecule has 0 nitrogen and oxygen atoms in total. The van der Waals surface area contributed by atoms with E-state index in [0.717, 1.165) is 0 Å². The van der Waals surface area contributed by atoms with Crippen LogP contribution in [0.2, 0.25) is 0 Å². The SMILES string of the molecule is c1ccc(-c2ccc(-c3cccc(-c4ccc(-c5ccccc5-c5ccccc5)c5ccc(-c6c7ccccc7c(-c7ccccc7)c7ccccc67)cc45)c3)cc2)cc1.